The molecule has 0 bridgehead atoms. The van der Waals surface area contributed by atoms with Crippen molar-refractivity contribution in [3.05, 3.63) is 11.9 Å². The molecule has 1 aliphatic rings. The highest BCUT2D eigenvalue weighted by Crippen LogP contribution is 2.18. The Kier molecular flexibility index (Phi) is 8.69. The molecule has 1 atom stereocenters. The van der Waals surface area contributed by atoms with Crippen LogP contribution >= 0.6 is 12.2 Å². The SMILES string of the molecule is CCCCNC(=S)Nc1cn(C(C)C(=O)N2CCN(C(=O)OCC)CC2)nc1C. The molecule has 2 rings (SSSR count). The predicted molar refractivity (Wildman–Crippen MR) is 116 cm³/mol. The van der Waals surface area contributed by atoms with Crippen molar-refractivity contribution >= 4 is 35.0 Å². The van der Waals surface area contributed by atoms with E-state index in [4.69, 9.17) is 17.0 Å². The van der Waals surface area contributed by atoms with Crippen LogP contribution in [0.25, 0.3) is 0 Å². The first-order valence-electron chi connectivity index (χ1n) is 10.2. The van der Waals surface area contributed by atoms with Gasteiger partial charge in [-0.1, -0.05) is 13.3 Å². The molecule has 1 aromatic rings. The summed E-state index contributed by atoms with van der Waals surface area (Å²) in [5.41, 5.74) is 1.56. The number of carbonyl (C=O) groups excluding carboxylic acids is 2. The second kappa shape index (κ2) is 11.0. The number of hydrogen-bond acceptors (Lipinski definition) is 5. The van der Waals surface area contributed by atoms with E-state index in [2.05, 4.69) is 22.7 Å². The van der Waals surface area contributed by atoms with Gasteiger partial charge in [-0.15, -0.1) is 0 Å². The summed E-state index contributed by atoms with van der Waals surface area (Å²) >= 11 is 5.31. The van der Waals surface area contributed by atoms with Gasteiger partial charge in [-0.25, -0.2) is 4.79 Å². The predicted octanol–water partition coefficient (Wildman–Crippen LogP) is 2.14. The van der Waals surface area contributed by atoms with E-state index in [1.807, 2.05) is 13.8 Å². The van der Waals surface area contributed by atoms with Gasteiger partial charge in [0.1, 0.15) is 6.04 Å². The van der Waals surface area contributed by atoms with Gasteiger partial charge >= 0.3 is 6.09 Å². The number of rotatable bonds is 7. The van der Waals surface area contributed by atoms with E-state index in [1.54, 1.807) is 27.6 Å². The lowest BCUT2D eigenvalue weighted by atomic mass is 10.2. The normalized spacial score (nSPS) is 15.0. The third-order valence-electron chi connectivity index (χ3n) is 4.85. The molecule has 0 spiro atoms. The molecule has 0 saturated carbocycles. The second-order valence-corrected chi connectivity index (χ2v) is 7.44. The van der Waals surface area contributed by atoms with Crippen LogP contribution in [0.15, 0.2) is 6.20 Å². The van der Waals surface area contributed by atoms with Crippen LogP contribution in [0.4, 0.5) is 10.5 Å². The number of thiocarbonyl (C=S) groups is 1. The lowest BCUT2D eigenvalue weighted by Crippen LogP contribution is -2.52. The molecule has 10 heteroatoms. The molecule has 29 heavy (non-hydrogen) atoms. The first-order chi connectivity index (χ1) is 13.9. The molecular weight excluding hydrogens is 392 g/mol. The number of carbonyl (C=O) groups is 2. The van der Waals surface area contributed by atoms with Crippen LogP contribution in [-0.4, -0.2) is 76.0 Å². The number of piperazine rings is 1. The van der Waals surface area contributed by atoms with Crippen LogP contribution in [0.2, 0.25) is 0 Å². The van der Waals surface area contributed by atoms with E-state index in [-0.39, 0.29) is 12.0 Å². The van der Waals surface area contributed by atoms with E-state index in [0.717, 1.165) is 30.8 Å². The fraction of sp³-hybridized carbons (Fsp3) is 0.684. The molecule has 9 nitrogen and oxygen atoms in total. The largest absolute Gasteiger partial charge is 0.450 e. The molecule has 2 N–H and O–H groups in total. The molecule has 2 amide bonds. The molecule has 1 fully saturated rings. The molecule has 0 radical (unpaired) electrons. The lowest BCUT2D eigenvalue weighted by Gasteiger charge is -2.35. The summed E-state index contributed by atoms with van der Waals surface area (Å²) in [6.07, 6.45) is 3.63. The highest BCUT2D eigenvalue weighted by molar-refractivity contribution is 7.80. The quantitative estimate of drug-likeness (QED) is 0.512. The number of anilines is 1. The highest BCUT2D eigenvalue weighted by atomic mass is 32.1. The Hall–Kier alpha value is -2.36. The fourth-order valence-electron chi connectivity index (χ4n) is 3.05. The van der Waals surface area contributed by atoms with Crippen LogP contribution in [0, 0.1) is 6.92 Å². The van der Waals surface area contributed by atoms with Crippen molar-refractivity contribution in [2.75, 3.05) is 44.6 Å². The molecule has 162 valence electrons. The van der Waals surface area contributed by atoms with Crippen LogP contribution in [0.3, 0.4) is 0 Å². The Balaban J connectivity index is 1.91. The minimum Gasteiger partial charge on any atom is -0.450 e. The van der Waals surface area contributed by atoms with Gasteiger partial charge in [0.2, 0.25) is 5.91 Å². The smallest absolute Gasteiger partial charge is 0.409 e. The average molecular weight is 425 g/mol. The summed E-state index contributed by atoms with van der Waals surface area (Å²) in [6.45, 7) is 10.7. The summed E-state index contributed by atoms with van der Waals surface area (Å²) in [6, 6.07) is -0.444. The maximum atomic E-state index is 12.9. The molecule has 0 aliphatic carbocycles. The van der Waals surface area contributed by atoms with E-state index < -0.39 is 6.04 Å². The van der Waals surface area contributed by atoms with E-state index in [1.165, 1.54) is 0 Å². The second-order valence-electron chi connectivity index (χ2n) is 7.03. The van der Waals surface area contributed by atoms with Crippen molar-refractivity contribution < 1.29 is 14.3 Å². The summed E-state index contributed by atoms with van der Waals surface area (Å²) in [5, 5.41) is 11.3. The van der Waals surface area contributed by atoms with Gasteiger partial charge in [0.05, 0.1) is 18.0 Å². The number of aryl methyl sites for hydroxylation is 1. The lowest BCUT2D eigenvalue weighted by molar-refractivity contribution is -0.136. The van der Waals surface area contributed by atoms with Crippen LogP contribution in [0.1, 0.15) is 45.3 Å². The van der Waals surface area contributed by atoms with E-state index in [9.17, 15) is 9.59 Å². The Labute approximate surface area is 177 Å². The van der Waals surface area contributed by atoms with Crippen molar-refractivity contribution in [3.8, 4) is 0 Å². The van der Waals surface area contributed by atoms with E-state index >= 15 is 0 Å². The molecule has 1 aromatic heterocycles. The molecular formula is C19H32N6O3S. The first-order valence-corrected chi connectivity index (χ1v) is 10.6. The monoisotopic (exact) mass is 424 g/mol. The standard InChI is InChI=1S/C19H32N6O3S/c1-5-7-8-20-18(29)21-16-13-25(22-14(16)3)15(4)17(26)23-9-11-24(12-10-23)19(27)28-6-2/h13,15H,5-12H2,1-4H3,(H2,20,21,29). The molecule has 1 saturated heterocycles. The van der Waals surface area contributed by atoms with Gasteiger partial charge in [-0.3, -0.25) is 9.48 Å². The topological polar surface area (TPSA) is 91.7 Å². The number of nitrogens with one attached hydrogen (secondary N) is 2. The van der Waals surface area contributed by atoms with Crippen molar-refractivity contribution in [2.45, 2.75) is 46.6 Å². The highest BCUT2D eigenvalue weighted by Gasteiger charge is 2.28. The first kappa shape index (κ1) is 22.9. The average Bonchev–Trinajstić information content (AvgIpc) is 3.07. The number of ether oxygens (including phenoxy) is 1. The molecule has 1 unspecified atom stereocenters. The molecule has 1 aliphatic heterocycles. The zero-order valence-electron chi connectivity index (χ0n) is 17.7. The van der Waals surface area contributed by atoms with Crippen molar-refractivity contribution in [3.63, 3.8) is 0 Å². The van der Waals surface area contributed by atoms with Gasteiger partial charge in [0, 0.05) is 38.9 Å². The zero-order chi connectivity index (χ0) is 21.4. The zero-order valence-corrected chi connectivity index (χ0v) is 18.5. The maximum Gasteiger partial charge on any atom is 0.409 e. The van der Waals surface area contributed by atoms with Gasteiger partial charge < -0.3 is 25.2 Å². The van der Waals surface area contributed by atoms with Gasteiger partial charge in [0.15, 0.2) is 5.11 Å². The van der Waals surface area contributed by atoms with Crippen LogP contribution in [-0.2, 0) is 9.53 Å². The van der Waals surface area contributed by atoms with Crippen LogP contribution in [0.5, 0.6) is 0 Å². The maximum absolute atomic E-state index is 12.9. The number of amides is 2. The minimum atomic E-state index is -0.444. The third-order valence-corrected chi connectivity index (χ3v) is 5.10. The van der Waals surface area contributed by atoms with Crippen molar-refractivity contribution in [2.24, 2.45) is 0 Å². The Morgan fingerprint density at radius 3 is 2.52 bits per heavy atom. The summed E-state index contributed by atoms with van der Waals surface area (Å²) in [4.78, 5) is 28.1. The summed E-state index contributed by atoms with van der Waals surface area (Å²) in [5.74, 6) is -0.0220. The third kappa shape index (κ3) is 6.31. The fourth-order valence-corrected chi connectivity index (χ4v) is 3.26. The number of aromatic nitrogens is 2. The number of hydrogen-bond donors (Lipinski definition) is 2. The number of nitrogens with zero attached hydrogens (tertiary/aromatic N) is 4. The van der Waals surface area contributed by atoms with Crippen molar-refractivity contribution in [1.29, 1.82) is 0 Å². The Morgan fingerprint density at radius 1 is 1.24 bits per heavy atom. The Bertz CT molecular complexity index is 715. The minimum absolute atomic E-state index is 0.0220. The summed E-state index contributed by atoms with van der Waals surface area (Å²) < 4.78 is 6.68. The van der Waals surface area contributed by atoms with Gasteiger partial charge in [0.25, 0.3) is 0 Å². The van der Waals surface area contributed by atoms with E-state index in [0.29, 0.717) is 37.9 Å². The van der Waals surface area contributed by atoms with Gasteiger partial charge in [-0.05, 0) is 39.4 Å². The molecule has 0 aromatic carbocycles. The van der Waals surface area contributed by atoms with Crippen molar-refractivity contribution in [1.82, 2.24) is 24.9 Å². The number of unbranched alkanes of at least 4 members (excludes halogenated alkanes) is 1. The van der Waals surface area contributed by atoms with Gasteiger partial charge in [-0.2, -0.15) is 5.10 Å². The Morgan fingerprint density at radius 2 is 1.90 bits per heavy atom. The summed E-state index contributed by atoms with van der Waals surface area (Å²) in [7, 11) is 0. The van der Waals surface area contributed by atoms with Crippen LogP contribution < -0.4 is 10.6 Å². The molecule has 2 heterocycles.